The van der Waals surface area contributed by atoms with E-state index in [4.69, 9.17) is 0 Å². The van der Waals surface area contributed by atoms with E-state index < -0.39 is 40.2 Å². The van der Waals surface area contributed by atoms with E-state index in [0.717, 1.165) is 29.0 Å². The summed E-state index contributed by atoms with van der Waals surface area (Å²) in [6.45, 7) is 0. The molecule has 0 aliphatic rings. The van der Waals surface area contributed by atoms with Gasteiger partial charge in [-0.2, -0.15) is 26.3 Å². The topological polar surface area (TPSA) is 22.0 Å². The van der Waals surface area contributed by atoms with E-state index in [2.05, 4.69) is 0 Å². The lowest BCUT2D eigenvalue weighted by atomic mass is 9.96. The molecule has 0 radical (unpaired) electrons. The quantitative estimate of drug-likeness (QED) is 0.725. The van der Waals surface area contributed by atoms with Gasteiger partial charge in [0.1, 0.15) is 0 Å². The van der Waals surface area contributed by atoms with Gasteiger partial charge in [0.15, 0.2) is 0 Å². The highest BCUT2D eigenvalue weighted by Gasteiger charge is 2.39. The fraction of sp³-hybridized carbons (Fsp3) is 0.214. The van der Waals surface area contributed by atoms with Crippen LogP contribution in [0.1, 0.15) is 11.1 Å². The third kappa shape index (κ3) is 2.86. The third-order valence-corrected chi connectivity index (χ3v) is 3.08. The van der Waals surface area contributed by atoms with E-state index >= 15 is 0 Å². The summed E-state index contributed by atoms with van der Waals surface area (Å²) in [4.78, 5) is 12.0. The van der Waals surface area contributed by atoms with Gasteiger partial charge in [-0.15, -0.1) is 0 Å². The predicted molar refractivity (Wildman–Crippen MR) is 67.1 cm³/mol. The number of alkyl halides is 6. The Balaban J connectivity index is 2.90. The van der Waals surface area contributed by atoms with Gasteiger partial charge in [-0.05, 0) is 17.7 Å². The molecule has 0 aliphatic carbocycles. The molecule has 0 atom stereocenters. The molecule has 2 nitrogen and oxygen atoms in total. The molecule has 1 aromatic carbocycles. The summed E-state index contributed by atoms with van der Waals surface area (Å²) in [6.07, 6.45) is -8.95. The van der Waals surface area contributed by atoms with Crippen molar-refractivity contribution >= 4 is 0 Å². The number of benzene rings is 1. The number of rotatable bonds is 1. The Morgan fingerprint density at radius 1 is 0.864 bits per heavy atom. The molecule has 2 rings (SSSR count). The average molecular weight is 321 g/mol. The SMILES string of the molecule is Cn1ccc(C(F)(F)F)c(-c2ccccc2C(F)(F)F)c1=O. The first-order valence-corrected chi connectivity index (χ1v) is 5.97. The predicted octanol–water partition coefficient (Wildman–Crippen LogP) is 4.09. The molecule has 0 bridgehead atoms. The zero-order valence-corrected chi connectivity index (χ0v) is 11.1. The Bertz CT molecular complexity index is 757. The van der Waals surface area contributed by atoms with Crippen LogP contribution in [0.15, 0.2) is 41.3 Å². The van der Waals surface area contributed by atoms with Crippen LogP contribution in [0.4, 0.5) is 26.3 Å². The average Bonchev–Trinajstić information content (AvgIpc) is 2.39. The molecule has 0 unspecified atom stereocenters. The van der Waals surface area contributed by atoms with Gasteiger partial charge in [0.25, 0.3) is 5.56 Å². The molecule has 0 fully saturated rings. The Morgan fingerprint density at radius 2 is 1.41 bits per heavy atom. The van der Waals surface area contributed by atoms with Crippen molar-refractivity contribution in [1.29, 1.82) is 0 Å². The fourth-order valence-corrected chi connectivity index (χ4v) is 2.07. The summed E-state index contributed by atoms with van der Waals surface area (Å²) in [5.41, 5.74) is -5.63. The van der Waals surface area contributed by atoms with Crippen LogP contribution in [-0.2, 0) is 19.4 Å². The van der Waals surface area contributed by atoms with Crippen molar-refractivity contribution in [3.05, 3.63) is 58.0 Å². The van der Waals surface area contributed by atoms with Gasteiger partial charge in [0.05, 0.1) is 16.7 Å². The molecule has 0 saturated carbocycles. The maximum absolute atomic E-state index is 13.0. The minimum atomic E-state index is -4.94. The number of aryl methyl sites for hydroxylation is 1. The second-order valence-corrected chi connectivity index (χ2v) is 4.56. The molecule has 8 heteroatoms. The van der Waals surface area contributed by atoms with Crippen LogP contribution in [0, 0.1) is 0 Å². The highest BCUT2D eigenvalue weighted by molar-refractivity contribution is 5.71. The van der Waals surface area contributed by atoms with Gasteiger partial charge in [0.2, 0.25) is 0 Å². The second kappa shape index (κ2) is 5.19. The maximum Gasteiger partial charge on any atom is 0.417 e. The van der Waals surface area contributed by atoms with Crippen LogP contribution in [0.25, 0.3) is 11.1 Å². The lowest BCUT2D eigenvalue weighted by molar-refractivity contribution is -0.139. The van der Waals surface area contributed by atoms with Gasteiger partial charge in [-0.3, -0.25) is 4.79 Å². The molecule has 0 saturated heterocycles. The van der Waals surface area contributed by atoms with E-state index in [1.165, 1.54) is 7.05 Å². The summed E-state index contributed by atoms with van der Waals surface area (Å²) >= 11 is 0. The van der Waals surface area contributed by atoms with Gasteiger partial charge < -0.3 is 4.57 Å². The molecule has 118 valence electrons. The zero-order valence-electron chi connectivity index (χ0n) is 11.1. The summed E-state index contributed by atoms with van der Waals surface area (Å²) in [5, 5.41) is 0. The van der Waals surface area contributed by atoms with Crippen LogP contribution >= 0.6 is 0 Å². The number of pyridine rings is 1. The highest BCUT2D eigenvalue weighted by Crippen LogP contribution is 2.40. The summed E-state index contributed by atoms with van der Waals surface area (Å²) in [5.74, 6) is 0. The number of aromatic nitrogens is 1. The molecule has 1 heterocycles. The van der Waals surface area contributed by atoms with Crippen LogP contribution in [-0.4, -0.2) is 4.57 Å². The molecule has 1 aromatic heterocycles. The maximum atomic E-state index is 13.0. The molecular formula is C14H9F6NO. The second-order valence-electron chi connectivity index (χ2n) is 4.56. The lowest BCUT2D eigenvalue weighted by Crippen LogP contribution is -2.24. The van der Waals surface area contributed by atoms with Gasteiger partial charge in [0, 0.05) is 13.2 Å². The summed E-state index contributed by atoms with van der Waals surface area (Å²) in [7, 11) is 1.17. The number of nitrogens with zero attached hydrogens (tertiary/aromatic N) is 1. The lowest BCUT2D eigenvalue weighted by Gasteiger charge is -2.17. The largest absolute Gasteiger partial charge is 0.417 e. The van der Waals surface area contributed by atoms with E-state index in [9.17, 15) is 31.1 Å². The van der Waals surface area contributed by atoms with Crippen molar-refractivity contribution in [2.45, 2.75) is 12.4 Å². The first-order valence-electron chi connectivity index (χ1n) is 5.97. The summed E-state index contributed by atoms with van der Waals surface area (Å²) < 4.78 is 79.0. The Labute approximate surface area is 120 Å². The molecular weight excluding hydrogens is 312 g/mol. The van der Waals surface area contributed by atoms with Crippen LogP contribution in [0.5, 0.6) is 0 Å². The molecule has 22 heavy (non-hydrogen) atoms. The van der Waals surface area contributed by atoms with Gasteiger partial charge >= 0.3 is 12.4 Å². The van der Waals surface area contributed by atoms with E-state index in [0.29, 0.717) is 12.1 Å². The molecule has 0 aliphatic heterocycles. The van der Waals surface area contributed by atoms with Crippen LogP contribution in [0.3, 0.4) is 0 Å². The van der Waals surface area contributed by atoms with Crippen LogP contribution in [0.2, 0.25) is 0 Å². The van der Waals surface area contributed by atoms with Gasteiger partial charge in [-0.25, -0.2) is 0 Å². The first kappa shape index (κ1) is 16.1. The molecule has 2 aromatic rings. The number of halogens is 6. The van der Waals surface area contributed by atoms with Crippen molar-refractivity contribution in [1.82, 2.24) is 4.57 Å². The minimum absolute atomic E-state index is 0.587. The highest BCUT2D eigenvalue weighted by atomic mass is 19.4. The van der Waals surface area contributed by atoms with Crippen molar-refractivity contribution in [3.63, 3.8) is 0 Å². The smallest absolute Gasteiger partial charge is 0.318 e. The fourth-order valence-electron chi connectivity index (χ4n) is 2.07. The standard InChI is InChI=1S/C14H9F6NO/c1-21-7-6-10(14(18,19)20)11(12(21)22)8-4-2-3-5-9(8)13(15,16)17/h2-7H,1H3. The van der Waals surface area contributed by atoms with E-state index in [1.54, 1.807) is 0 Å². The number of hydrogen-bond donors (Lipinski definition) is 0. The summed E-state index contributed by atoms with van der Waals surface area (Å²) in [6, 6.07) is 4.28. The Hall–Kier alpha value is -2.25. The number of hydrogen-bond acceptors (Lipinski definition) is 1. The van der Waals surface area contributed by atoms with Crippen molar-refractivity contribution < 1.29 is 26.3 Å². The monoisotopic (exact) mass is 321 g/mol. The minimum Gasteiger partial charge on any atom is -0.318 e. The molecule has 0 N–H and O–H groups in total. The van der Waals surface area contributed by atoms with E-state index in [-0.39, 0.29) is 0 Å². The van der Waals surface area contributed by atoms with Crippen molar-refractivity contribution in [2.24, 2.45) is 7.05 Å². The third-order valence-electron chi connectivity index (χ3n) is 3.08. The molecule has 0 amide bonds. The van der Waals surface area contributed by atoms with Crippen LogP contribution < -0.4 is 5.56 Å². The normalized spacial score (nSPS) is 12.5. The molecule has 0 spiro atoms. The van der Waals surface area contributed by atoms with Gasteiger partial charge in [-0.1, -0.05) is 18.2 Å². The van der Waals surface area contributed by atoms with Crippen molar-refractivity contribution in [3.8, 4) is 11.1 Å². The van der Waals surface area contributed by atoms with E-state index in [1.807, 2.05) is 0 Å². The Kier molecular flexibility index (Phi) is 3.80. The Morgan fingerprint density at radius 3 is 1.95 bits per heavy atom. The van der Waals surface area contributed by atoms with Crippen molar-refractivity contribution in [2.75, 3.05) is 0 Å². The zero-order chi connectivity index (χ0) is 16.7. The first-order chi connectivity index (χ1) is 10.0.